The maximum atomic E-state index is 14.0. The van der Waals surface area contributed by atoms with Gasteiger partial charge in [0.25, 0.3) is 0 Å². The van der Waals surface area contributed by atoms with Gasteiger partial charge in [0.1, 0.15) is 5.82 Å². The molecule has 4 atom stereocenters. The molecule has 3 nitrogen and oxygen atoms in total. The number of hydrogen-bond donors (Lipinski definition) is 1. The molecule has 1 aromatic carbocycles. The van der Waals surface area contributed by atoms with E-state index in [1.165, 1.54) is 31.9 Å². The van der Waals surface area contributed by atoms with E-state index in [0.29, 0.717) is 30.9 Å². The molecule has 25 heavy (non-hydrogen) atoms. The number of piperidine rings is 1. The van der Waals surface area contributed by atoms with Gasteiger partial charge in [-0.2, -0.15) is 0 Å². The lowest BCUT2D eigenvalue weighted by molar-refractivity contribution is -0.0305. The molecule has 2 saturated heterocycles. The minimum absolute atomic E-state index is 0.149. The largest absolute Gasteiger partial charge is 0.396 e. The quantitative estimate of drug-likeness (QED) is 0.817. The molecule has 3 fully saturated rings. The number of nitrogens with zero attached hydrogens (tertiary/aromatic N) is 1. The van der Waals surface area contributed by atoms with E-state index in [1.54, 1.807) is 6.07 Å². The van der Waals surface area contributed by atoms with E-state index in [-0.39, 0.29) is 11.9 Å². The van der Waals surface area contributed by atoms with Gasteiger partial charge in [0.05, 0.1) is 12.7 Å². The first kappa shape index (κ1) is 17.4. The van der Waals surface area contributed by atoms with Crippen molar-refractivity contribution in [3.8, 4) is 0 Å². The second-order valence-corrected chi connectivity index (χ2v) is 8.29. The fraction of sp³-hybridized carbons (Fsp3) is 0.714. The molecule has 138 valence electrons. The van der Waals surface area contributed by atoms with Gasteiger partial charge in [-0.05, 0) is 68.9 Å². The summed E-state index contributed by atoms with van der Waals surface area (Å²) in [5.74, 6) is 1.40. The van der Waals surface area contributed by atoms with Crippen molar-refractivity contribution in [2.24, 2.45) is 11.8 Å². The number of aliphatic hydroxyl groups excluding tert-OH is 1. The molecule has 3 aliphatic rings. The van der Waals surface area contributed by atoms with Crippen molar-refractivity contribution >= 4 is 0 Å². The van der Waals surface area contributed by atoms with E-state index in [0.717, 1.165) is 36.7 Å². The Morgan fingerprint density at radius 3 is 2.60 bits per heavy atom. The van der Waals surface area contributed by atoms with Crippen molar-refractivity contribution in [3.63, 3.8) is 0 Å². The second-order valence-electron chi connectivity index (χ2n) is 8.29. The average molecular weight is 347 g/mol. The second kappa shape index (κ2) is 7.34. The normalized spacial score (nSPS) is 34.4. The predicted octanol–water partition coefficient (Wildman–Crippen LogP) is 3.66. The van der Waals surface area contributed by atoms with Gasteiger partial charge in [0.15, 0.2) is 0 Å². The van der Waals surface area contributed by atoms with E-state index in [9.17, 15) is 4.39 Å². The molecule has 1 N–H and O–H groups in total. The number of halogens is 1. The molecule has 0 aromatic heterocycles. The highest BCUT2D eigenvalue weighted by Gasteiger charge is 2.45. The molecule has 0 amide bonds. The molecule has 1 aliphatic carbocycles. The maximum Gasteiger partial charge on any atom is 0.128 e. The summed E-state index contributed by atoms with van der Waals surface area (Å²) in [5, 5.41) is 9.09. The number of hydrogen-bond acceptors (Lipinski definition) is 3. The Hall–Kier alpha value is -0.970. The molecule has 4 heteroatoms. The van der Waals surface area contributed by atoms with Crippen molar-refractivity contribution in [1.29, 1.82) is 0 Å². The summed E-state index contributed by atoms with van der Waals surface area (Å²) in [6.45, 7) is 3.88. The minimum Gasteiger partial charge on any atom is -0.396 e. The van der Waals surface area contributed by atoms with E-state index < -0.39 is 0 Å². The van der Waals surface area contributed by atoms with Gasteiger partial charge < -0.3 is 9.84 Å². The molecule has 1 saturated carbocycles. The summed E-state index contributed by atoms with van der Waals surface area (Å²) in [7, 11) is 0. The van der Waals surface area contributed by atoms with Gasteiger partial charge in [0, 0.05) is 30.8 Å². The summed E-state index contributed by atoms with van der Waals surface area (Å²) in [6.07, 6.45) is 7.26. The smallest absolute Gasteiger partial charge is 0.128 e. The first-order chi connectivity index (χ1) is 12.2. The van der Waals surface area contributed by atoms with E-state index in [2.05, 4.69) is 4.90 Å². The Morgan fingerprint density at radius 2 is 1.92 bits per heavy atom. The SMILES string of the molecule is Cc1cccc(F)c1COC1CC2CCC(C1)N2C[C@@H]1C[C@H]1CCO. The summed E-state index contributed by atoms with van der Waals surface area (Å²) in [4.78, 5) is 2.72. The van der Waals surface area contributed by atoms with Crippen molar-refractivity contribution in [2.75, 3.05) is 13.2 Å². The molecular formula is C21H30FNO2. The van der Waals surface area contributed by atoms with Gasteiger partial charge in [-0.25, -0.2) is 4.39 Å². The molecular weight excluding hydrogens is 317 g/mol. The highest BCUT2D eigenvalue weighted by molar-refractivity contribution is 5.26. The highest BCUT2D eigenvalue weighted by atomic mass is 19.1. The molecule has 1 aromatic rings. The van der Waals surface area contributed by atoms with Crippen LogP contribution in [0, 0.1) is 24.6 Å². The van der Waals surface area contributed by atoms with Crippen LogP contribution in [0.25, 0.3) is 0 Å². The molecule has 0 radical (unpaired) electrons. The van der Waals surface area contributed by atoms with Crippen LogP contribution in [0.5, 0.6) is 0 Å². The number of aryl methyl sites for hydroxylation is 1. The van der Waals surface area contributed by atoms with Crippen molar-refractivity contribution in [2.45, 2.75) is 70.2 Å². The van der Waals surface area contributed by atoms with Crippen LogP contribution in [-0.4, -0.2) is 41.3 Å². The van der Waals surface area contributed by atoms with E-state index in [4.69, 9.17) is 9.84 Å². The van der Waals surface area contributed by atoms with E-state index in [1.807, 2.05) is 13.0 Å². The molecule has 2 aliphatic heterocycles. The summed E-state index contributed by atoms with van der Waals surface area (Å²) in [6, 6.07) is 6.51. The fourth-order valence-electron chi connectivity index (χ4n) is 5.03. The summed E-state index contributed by atoms with van der Waals surface area (Å²) < 4.78 is 20.1. The van der Waals surface area contributed by atoms with Crippen LogP contribution in [0.1, 0.15) is 49.7 Å². The first-order valence-electron chi connectivity index (χ1n) is 9.88. The lowest BCUT2D eigenvalue weighted by atomic mass is 9.98. The van der Waals surface area contributed by atoms with Crippen LogP contribution in [0.15, 0.2) is 18.2 Å². The number of fused-ring (bicyclic) bond motifs is 2. The van der Waals surface area contributed by atoms with Gasteiger partial charge in [-0.3, -0.25) is 4.90 Å². The zero-order chi connectivity index (χ0) is 17.4. The van der Waals surface area contributed by atoms with Gasteiger partial charge in [-0.1, -0.05) is 12.1 Å². The van der Waals surface area contributed by atoms with Crippen molar-refractivity contribution < 1.29 is 14.2 Å². The fourth-order valence-corrected chi connectivity index (χ4v) is 5.03. The number of benzene rings is 1. The van der Waals surface area contributed by atoms with Crippen LogP contribution in [0.3, 0.4) is 0 Å². The molecule has 4 rings (SSSR count). The lowest BCUT2D eigenvalue weighted by Gasteiger charge is -2.39. The van der Waals surface area contributed by atoms with Crippen LogP contribution >= 0.6 is 0 Å². The molecule has 2 unspecified atom stereocenters. The summed E-state index contributed by atoms with van der Waals surface area (Å²) >= 11 is 0. The average Bonchev–Trinajstić information content (AvgIpc) is 3.27. The summed E-state index contributed by atoms with van der Waals surface area (Å²) in [5.41, 5.74) is 1.69. The molecule has 0 spiro atoms. The molecule has 2 bridgehead atoms. The van der Waals surface area contributed by atoms with Crippen LogP contribution < -0.4 is 0 Å². The third kappa shape index (κ3) is 3.76. The molecule has 2 heterocycles. The standard InChI is InChI=1S/C21H30FNO2/c1-14-3-2-4-21(22)20(14)13-25-19-10-17-5-6-18(11-19)23(17)12-16-9-15(16)7-8-24/h2-4,15-19,24H,5-13H2,1H3/t15-,16+,17?,18?,19?/m1/s1. The minimum atomic E-state index is -0.149. The Kier molecular flexibility index (Phi) is 5.12. The number of aliphatic hydroxyl groups is 1. The van der Waals surface area contributed by atoms with Gasteiger partial charge in [0.2, 0.25) is 0 Å². The van der Waals surface area contributed by atoms with Crippen molar-refractivity contribution in [3.05, 3.63) is 35.1 Å². The predicted molar refractivity (Wildman–Crippen MR) is 95.8 cm³/mol. The Bertz CT molecular complexity index is 573. The van der Waals surface area contributed by atoms with Crippen LogP contribution in [-0.2, 0) is 11.3 Å². The lowest BCUT2D eigenvalue weighted by Crippen LogP contribution is -2.46. The maximum absolute atomic E-state index is 14.0. The highest BCUT2D eigenvalue weighted by Crippen LogP contribution is 2.45. The number of ether oxygens (including phenoxy) is 1. The third-order valence-corrected chi connectivity index (χ3v) is 6.67. The van der Waals surface area contributed by atoms with Crippen LogP contribution in [0.2, 0.25) is 0 Å². The van der Waals surface area contributed by atoms with Gasteiger partial charge >= 0.3 is 0 Å². The van der Waals surface area contributed by atoms with Gasteiger partial charge in [-0.15, -0.1) is 0 Å². The zero-order valence-electron chi connectivity index (χ0n) is 15.2. The van der Waals surface area contributed by atoms with E-state index >= 15 is 0 Å². The Morgan fingerprint density at radius 1 is 1.16 bits per heavy atom. The number of rotatable bonds is 7. The monoisotopic (exact) mass is 347 g/mol. The Balaban J connectivity index is 1.30. The third-order valence-electron chi connectivity index (χ3n) is 6.67. The van der Waals surface area contributed by atoms with Crippen LogP contribution in [0.4, 0.5) is 4.39 Å². The Labute approximate surface area is 150 Å². The topological polar surface area (TPSA) is 32.7 Å². The zero-order valence-corrected chi connectivity index (χ0v) is 15.2. The first-order valence-corrected chi connectivity index (χ1v) is 9.88. The van der Waals surface area contributed by atoms with Crippen molar-refractivity contribution in [1.82, 2.24) is 4.90 Å².